The number of carbonyl (C=O) groups is 6. The van der Waals surface area contributed by atoms with Crippen molar-refractivity contribution >= 4 is 35.8 Å². The van der Waals surface area contributed by atoms with Gasteiger partial charge >= 0.3 is 81.7 Å². The van der Waals surface area contributed by atoms with Crippen molar-refractivity contribution in [1.82, 2.24) is 0 Å². The van der Waals surface area contributed by atoms with Crippen LogP contribution in [0.15, 0.2) is 36.5 Å². The minimum atomic E-state index is -1.55. The first-order valence-corrected chi connectivity index (χ1v) is 5.18. The molecule has 0 N–H and O–H groups in total. The number of carboxylic acids is 6. The van der Waals surface area contributed by atoms with Gasteiger partial charge in [0.05, 0.1) is 35.8 Å². The van der Waals surface area contributed by atoms with Gasteiger partial charge in [0.25, 0.3) is 0 Å². The van der Waals surface area contributed by atoms with Crippen molar-refractivity contribution in [2.24, 2.45) is 0 Å². The molecule has 0 aromatic heterocycles. The Bertz CT molecular complexity index is 448. The van der Waals surface area contributed by atoms with E-state index in [4.69, 9.17) is 0 Å². The van der Waals surface area contributed by atoms with Crippen molar-refractivity contribution in [3.8, 4) is 0 Å². The van der Waals surface area contributed by atoms with Crippen LogP contribution in [-0.4, -0.2) is 35.8 Å². The Balaban J connectivity index is -0.0000000817. The van der Waals surface area contributed by atoms with Gasteiger partial charge in [0.1, 0.15) is 0 Å². The van der Waals surface area contributed by atoms with Gasteiger partial charge in [0.15, 0.2) is 0 Å². The summed E-state index contributed by atoms with van der Waals surface area (Å²) in [5, 5.41) is 56.5. The number of rotatable bonds is 6. The first-order chi connectivity index (χ1) is 10.9. The molecule has 0 aliphatic carbocycles. The van der Waals surface area contributed by atoms with Crippen LogP contribution in [0, 0.1) is 81.7 Å². The zero-order valence-corrected chi connectivity index (χ0v) is 18.8. The largest absolute Gasteiger partial charge is 3.00 e. The minimum absolute atomic E-state index is 0. The number of hydrogen-bond donors (Lipinski definition) is 0. The molecule has 0 unspecified atom stereocenters. The summed E-state index contributed by atoms with van der Waals surface area (Å²) < 4.78 is 0. The van der Waals surface area contributed by atoms with Crippen molar-refractivity contribution in [3.63, 3.8) is 0 Å². The van der Waals surface area contributed by atoms with Crippen LogP contribution in [0.4, 0.5) is 0 Å². The van der Waals surface area contributed by atoms with E-state index in [0.717, 1.165) is 0 Å². The van der Waals surface area contributed by atoms with Crippen LogP contribution in [0.2, 0.25) is 0 Å². The average Bonchev–Trinajstić information content (AvgIpc) is 2.42. The van der Waals surface area contributed by atoms with Gasteiger partial charge in [-0.15, -0.1) is 0 Å². The van der Waals surface area contributed by atoms with Gasteiger partial charge in [-0.1, -0.05) is 0 Å². The fourth-order valence-corrected chi connectivity index (χ4v) is 0.408. The van der Waals surface area contributed by atoms with Gasteiger partial charge < -0.3 is 59.4 Å². The molecule has 14 heteroatoms. The smallest absolute Gasteiger partial charge is 0.545 e. The minimum Gasteiger partial charge on any atom is -0.545 e. The van der Waals surface area contributed by atoms with Gasteiger partial charge in [-0.05, 0) is 36.5 Å². The van der Waals surface area contributed by atoms with Crippen molar-refractivity contribution < 1.29 is 141 Å². The molecule has 2 radical (unpaired) electrons. The fraction of sp³-hybridized carbons (Fsp3) is 0. The molecule has 26 heavy (non-hydrogen) atoms. The molecule has 0 heterocycles. The molecular weight excluding hydrogens is 625 g/mol. The second-order valence-corrected chi connectivity index (χ2v) is 2.91. The second-order valence-electron chi connectivity index (χ2n) is 2.91. The Morgan fingerprint density at radius 2 is 0.423 bits per heavy atom. The van der Waals surface area contributed by atoms with Gasteiger partial charge in [0.2, 0.25) is 0 Å². The first kappa shape index (κ1) is 35.8. The fourth-order valence-electron chi connectivity index (χ4n) is 0.408. The summed E-state index contributed by atoms with van der Waals surface area (Å²) in [6, 6.07) is 0. The third-order valence-corrected chi connectivity index (χ3v) is 1.07. The van der Waals surface area contributed by atoms with Gasteiger partial charge in [-0.3, -0.25) is 0 Å². The maximum absolute atomic E-state index is 9.41. The van der Waals surface area contributed by atoms with Crippen molar-refractivity contribution in [1.29, 1.82) is 0 Å². The Labute approximate surface area is 210 Å². The van der Waals surface area contributed by atoms with Crippen molar-refractivity contribution in [2.45, 2.75) is 0 Å². The van der Waals surface area contributed by atoms with Crippen LogP contribution in [0.1, 0.15) is 0 Å². The molecule has 0 rings (SSSR count). The quantitative estimate of drug-likeness (QED) is 0.249. The molecule has 134 valence electrons. The van der Waals surface area contributed by atoms with Gasteiger partial charge in [0, 0.05) is 0 Å². The van der Waals surface area contributed by atoms with Crippen LogP contribution in [0.5, 0.6) is 0 Å². The summed E-state index contributed by atoms with van der Waals surface area (Å²) in [7, 11) is 0. The molecule has 0 aliphatic rings. The number of hydrogen-bond acceptors (Lipinski definition) is 12. The summed E-state index contributed by atoms with van der Waals surface area (Å²) in [6.07, 6.45) is 2.31. The molecule has 12 nitrogen and oxygen atoms in total. The number of aliphatic carboxylic acids is 6. The maximum atomic E-state index is 9.41. The topological polar surface area (TPSA) is 241 Å². The maximum Gasteiger partial charge on any atom is 3.00 e. The Morgan fingerprint density at radius 3 is 0.462 bits per heavy atom. The van der Waals surface area contributed by atoms with E-state index in [-0.39, 0.29) is 81.7 Å². The zero-order valence-electron chi connectivity index (χ0n) is 12.4. The monoisotopic (exact) mass is 626 g/mol. The predicted molar refractivity (Wildman–Crippen MR) is 57.5 cm³/mol. The first-order valence-electron chi connectivity index (χ1n) is 5.18. The predicted octanol–water partition coefficient (Wildman–Crippen LogP) is -8.87. The molecule has 0 aromatic rings. The van der Waals surface area contributed by atoms with E-state index in [9.17, 15) is 59.4 Å². The van der Waals surface area contributed by atoms with Crippen molar-refractivity contribution in [2.75, 3.05) is 0 Å². The molecule has 0 saturated heterocycles. The zero-order chi connectivity index (χ0) is 19.7. The van der Waals surface area contributed by atoms with E-state index in [1.165, 1.54) is 0 Å². The van der Waals surface area contributed by atoms with E-state index < -0.39 is 35.8 Å². The number of carbonyl (C=O) groups excluding carboxylic acids is 6. The molecule has 0 fully saturated rings. The summed E-state index contributed by atoms with van der Waals surface area (Å²) in [5.41, 5.74) is 0. The molecule has 0 saturated carbocycles. The van der Waals surface area contributed by atoms with Gasteiger partial charge in [-0.25, -0.2) is 0 Å². The third-order valence-electron chi connectivity index (χ3n) is 1.07. The van der Waals surface area contributed by atoms with E-state index in [0.29, 0.717) is 36.5 Å². The van der Waals surface area contributed by atoms with Crippen LogP contribution in [0.3, 0.4) is 0 Å². The van der Waals surface area contributed by atoms with Crippen LogP contribution >= 0.6 is 0 Å². The van der Waals surface area contributed by atoms with E-state index >= 15 is 0 Å². The second kappa shape index (κ2) is 23.7. The standard InChI is InChI=1S/3C4H4O4.2Nd/c3*5-3(6)1-2-4(7)8;;/h3*1-2H,(H,5,6)(H,7,8);;/q;;;2*+3/p-6/b3*2-1+;;. The van der Waals surface area contributed by atoms with Crippen LogP contribution in [0.25, 0.3) is 0 Å². The molecule has 0 aromatic carbocycles. The summed E-state index contributed by atoms with van der Waals surface area (Å²) in [4.78, 5) is 56.5. The third kappa shape index (κ3) is 56.9. The summed E-state index contributed by atoms with van der Waals surface area (Å²) in [5.74, 6) is -9.28. The van der Waals surface area contributed by atoms with E-state index in [1.807, 2.05) is 0 Å². The summed E-state index contributed by atoms with van der Waals surface area (Å²) >= 11 is 0. The molecule has 0 spiro atoms. The molecule has 0 aliphatic heterocycles. The average molecular weight is 631 g/mol. The molecule has 0 bridgehead atoms. The van der Waals surface area contributed by atoms with Gasteiger partial charge in [-0.2, -0.15) is 0 Å². The summed E-state index contributed by atoms with van der Waals surface area (Å²) in [6.45, 7) is 0. The molecule has 0 amide bonds. The Morgan fingerprint density at radius 1 is 0.346 bits per heavy atom. The van der Waals surface area contributed by atoms with E-state index in [1.54, 1.807) is 0 Å². The normalized spacial score (nSPS) is 8.77. The number of carboxylic acid groups (broad SMARTS) is 6. The van der Waals surface area contributed by atoms with Crippen molar-refractivity contribution in [3.05, 3.63) is 36.5 Å². The molecular formula is C12H6Nd2O12. The van der Waals surface area contributed by atoms with E-state index in [2.05, 4.69) is 0 Å². The van der Waals surface area contributed by atoms with Crippen LogP contribution in [-0.2, 0) is 28.8 Å². The Kier molecular flexibility index (Phi) is 32.7. The van der Waals surface area contributed by atoms with Crippen LogP contribution < -0.4 is 30.6 Å². The SMILES string of the molecule is O=C([O-])/C=C/C(=O)[O-].O=C([O-])/C=C/C(=O)[O-].O=C([O-])/C=C/C(=O)[O-].[Nd+3].[Nd+3]. The Hall–Kier alpha value is -1.26. The molecule has 0 atom stereocenters.